The number of benzene rings is 2. The first kappa shape index (κ1) is 18.9. The van der Waals surface area contributed by atoms with Crippen molar-refractivity contribution in [1.29, 1.82) is 0 Å². The molecule has 0 unspecified atom stereocenters. The molecule has 1 fully saturated rings. The molecule has 0 bridgehead atoms. The van der Waals surface area contributed by atoms with Crippen LogP contribution in [-0.4, -0.2) is 44.3 Å². The summed E-state index contributed by atoms with van der Waals surface area (Å²) in [5, 5.41) is 14.8. The first-order valence-corrected chi connectivity index (χ1v) is 8.63. The van der Waals surface area contributed by atoms with Gasteiger partial charge >= 0.3 is 5.97 Å². The van der Waals surface area contributed by atoms with Crippen molar-refractivity contribution < 1.29 is 19.2 Å². The number of hydrogen-bond donors (Lipinski definition) is 1. The molecule has 0 aliphatic carbocycles. The lowest BCUT2D eigenvalue weighted by atomic mass is 10.1. The molecule has 9 heteroatoms. The molecule has 1 N–H and O–H groups in total. The second-order valence-corrected chi connectivity index (χ2v) is 6.30. The van der Waals surface area contributed by atoms with Crippen molar-refractivity contribution in [2.75, 3.05) is 43.6 Å². The number of nitrogens with one attached hydrogen (secondary N) is 1. The number of rotatable bonds is 5. The van der Waals surface area contributed by atoms with Crippen molar-refractivity contribution in [1.82, 2.24) is 0 Å². The molecule has 1 aliphatic rings. The van der Waals surface area contributed by atoms with Crippen molar-refractivity contribution in [3.63, 3.8) is 0 Å². The lowest BCUT2D eigenvalue weighted by Gasteiger charge is -2.29. The zero-order chi connectivity index (χ0) is 19.4. The summed E-state index contributed by atoms with van der Waals surface area (Å²) in [6.07, 6.45) is 0. The van der Waals surface area contributed by atoms with Crippen LogP contribution < -0.4 is 10.2 Å². The molecule has 0 aromatic heterocycles. The molecule has 8 nitrogen and oxygen atoms in total. The van der Waals surface area contributed by atoms with E-state index in [1.807, 2.05) is 0 Å². The number of hydrogen-bond acceptors (Lipinski definition) is 7. The highest BCUT2D eigenvalue weighted by molar-refractivity contribution is 6.31. The van der Waals surface area contributed by atoms with Gasteiger partial charge in [0.2, 0.25) is 0 Å². The Kier molecular flexibility index (Phi) is 5.78. The number of carbonyl (C=O) groups excluding carboxylic acids is 1. The summed E-state index contributed by atoms with van der Waals surface area (Å²) >= 11 is 6.04. The fraction of sp³-hybridized carbons (Fsp3) is 0.278. The number of esters is 1. The average molecular weight is 392 g/mol. The molecule has 1 saturated heterocycles. The minimum atomic E-state index is -0.568. The zero-order valence-corrected chi connectivity index (χ0v) is 15.4. The van der Waals surface area contributed by atoms with Crippen molar-refractivity contribution in [3.05, 3.63) is 57.1 Å². The van der Waals surface area contributed by atoms with E-state index in [0.717, 1.165) is 5.69 Å². The highest BCUT2D eigenvalue weighted by atomic mass is 35.5. The predicted octanol–water partition coefficient (Wildman–Crippen LogP) is 3.62. The molecule has 3 rings (SSSR count). The van der Waals surface area contributed by atoms with Gasteiger partial charge in [-0.2, -0.15) is 0 Å². The molecule has 0 amide bonds. The third-order valence-corrected chi connectivity index (χ3v) is 4.44. The van der Waals surface area contributed by atoms with Gasteiger partial charge in [-0.1, -0.05) is 11.6 Å². The highest BCUT2D eigenvalue weighted by Gasteiger charge is 2.20. The van der Waals surface area contributed by atoms with Crippen LogP contribution in [0.15, 0.2) is 36.4 Å². The second kappa shape index (κ2) is 8.24. The number of nitrogens with zero attached hydrogens (tertiary/aromatic N) is 2. The fourth-order valence-corrected chi connectivity index (χ4v) is 3.03. The Hall–Kier alpha value is -2.84. The molecule has 2 aromatic carbocycles. The molecule has 27 heavy (non-hydrogen) atoms. The first-order chi connectivity index (χ1) is 13.0. The van der Waals surface area contributed by atoms with E-state index in [1.165, 1.54) is 25.3 Å². The quantitative estimate of drug-likeness (QED) is 0.472. The van der Waals surface area contributed by atoms with E-state index in [1.54, 1.807) is 18.2 Å². The number of morpholine rings is 1. The van der Waals surface area contributed by atoms with Crippen LogP contribution >= 0.6 is 11.6 Å². The maximum absolute atomic E-state index is 12.0. The smallest absolute Gasteiger partial charge is 0.339 e. The largest absolute Gasteiger partial charge is 0.465 e. The summed E-state index contributed by atoms with van der Waals surface area (Å²) in [4.78, 5) is 25.1. The van der Waals surface area contributed by atoms with Crippen LogP contribution in [0, 0.1) is 10.1 Å². The van der Waals surface area contributed by atoms with Crippen LogP contribution in [-0.2, 0) is 9.47 Å². The Bertz CT molecular complexity index is 868. The molecular formula is C18H18ClN3O5. The van der Waals surface area contributed by atoms with Gasteiger partial charge in [-0.05, 0) is 30.3 Å². The van der Waals surface area contributed by atoms with Gasteiger partial charge in [0.1, 0.15) is 5.69 Å². The highest BCUT2D eigenvalue weighted by Crippen LogP contribution is 2.34. The van der Waals surface area contributed by atoms with Crippen molar-refractivity contribution in [2.45, 2.75) is 0 Å². The average Bonchev–Trinajstić information content (AvgIpc) is 2.68. The van der Waals surface area contributed by atoms with Crippen molar-refractivity contribution >= 4 is 40.3 Å². The Morgan fingerprint density at radius 3 is 2.63 bits per heavy atom. The number of ether oxygens (including phenoxy) is 2. The maximum Gasteiger partial charge on any atom is 0.339 e. The van der Waals surface area contributed by atoms with E-state index in [9.17, 15) is 14.9 Å². The Balaban J connectivity index is 2.01. The zero-order valence-electron chi connectivity index (χ0n) is 14.6. The van der Waals surface area contributed by atoms with Gasteiger partial charge in [-0.15, -0.1) is 0 Å². The van der Waals surface area contributed by atoms with E-state index in [0.29, 0.717) is 37.0 Å². The molecule has 1 heterocycles. The Morgan fingerprint density at radius 1 is 1.22 bits per heavy atom. The summed E-state index contributed by atoms with van der Waals surface area (Å²) in [6, 6.07) is 9.42. The topological polar surface area (TPSA) is 93.9 Å². The van der Waals surface area contributed by atoms with Crippen LogP contribution in [0.1, 0.15) is 10.4 Å². The predicted molar refractivity (Wildman–Crippen MR) is 102 cm³/mol. The lowest BCUT2D eigenvalue weighted by molar-refractivity contribution is -0.383. The number of carbonyl (C=O) groups is 1. The van der Waals surface area contributed by atoms with Crippen LogP contribution in [0.25, 0.3) is 0 Å². The minimum Gasteiger partial charge on any atom is -0.465 e. The van der Waals surface area contributed by atoms with E-state index < -0.39 is 10.9 Å². The normalized spacial score (nSPS) is 13.9. The van der Waals surface area contributed by atoms with Crippen LogP contribution in [0.2, 0.25) is 5.02 Å². The summed E-state index contributed by atoms with van der Waals surface area (Å²) < 4.78 is 10.1. The van der Waals surface area contributed by atoms with Crippen LogP contribution in [0.3, 0.4) is 0 Å². The van der Waals surface area contributed by atoms with Gasteiger partial charge in [0, 0.05) is 29.9 Å². The molecular weight excluding hydrogens is 374 g/mol. The van der Waals surface area contributed by atoms with E-state index >= 15 is 0 Å². The number of halogens is 1. The molecule has 1 aliphatic heterocycles. The minimum absolute atomic E-state index is 0.109. The Labute approximate surface area is 160 Å². The van der Waals surface area contributed by atoms with Gasteiger partial charge in [0.25, 0.3) is 5.69 Å². The molecule has 0 spiro atoms. The van der Waals surface area contributed by atoms with Gasteiger partial charge in [0.15, 0.2) is 0 Å². The first-order valence-electron chi connectivity index (χ1n) is 8.25. The SMILES string of the molecule is COC(=O)c1ccc(Cl)cc1Nc1cc(N2CCOCC2)ccc1[N+](=O)[O-]. The summed E-state index contributed by atoms with van der Waals surface area (Å²) in [6.45, 7) is 2.59. The number of methoxy groups -OCH3 is 1. The maximum atomic E-state index is 12.0. The van der Waals surface area contributed by atoms with Crippen LogP contribution in [0.5, 0.6) is 0 Å². The van der Waals surface area contributed by atoms with Crippen molar-refractivity contribution in [3.8, 4) is 0 Å². The summed E-state index contributed by atoms with van der Waals surface area (Å²) in [5.41, 5.74) is 1.54. The molecule has 2 aromatic rings. The lowest BCUT2D eigenvalue weighted by Crippen LogP contribution is -2.36. The third kappa shape index (κ3) is 4.29. The number of anilines is 3. The second-order valence-electron chi connectivity index (χ2n) is 5.86. The molecule has 0 saturated carbocycles. The monoisotopic (exact) mass is 391 g/mol. The van der Waals surface area contributed by atoms with E-state index in [-0.39, 0.29) is 16.9 Å². The van der Waals surface area contributed by atoms with Gasteiger partial charge in [0.05, 0.1) is 36.5 Å². The van der Waals surface area contributed by atoms with Gasteiger partial charge in [-0.25, -0.2) is 4.79 Å². The van der Waals surface area contributed by atoms with E-state index in [4.69, 9.17) is 21.1 Å². The fourth-order valence-electron chi connectivity index (χ4n) is 2.85. The van der Waals surface area contributed by atoms with Gasteiger partial charge in [-0.3, -0.25) is 10.1 Å². The molecule has 0 atom stereocenters. The summed E-state index contributed by atoms with van der Waals surface area (Å²) in [7, 11) is 1.27. The third-order valence-electron chi connectivity index (χ3n) is 4.21. The Morgan fingerprint density at radius 2 is 1.96 bits per heavy atom. The van der Waals surface area contributed by atoms with E-state index in [2.05, 4.69) is 10.2 Å². The molecule has 142 valence electrons. The summed E-state index contributed by atoms with van der Waals surface area (Å²) in [5.74, 6) is -0.568. The standard InChI is InChI=1S/C18H18ClN3O5/c1-26-18(23)14-4-2-12(19)10-15(14)20-16-11-13(3-5-17(16)22(24)25)21-6-8-27-9-7-21/h2-5,10-11,20H,6-9H2,1H3. The number of nitro benzene ring substituents is 1. The van der Waals surface area contributed by atoms with Crippen molar-refractivity contribution in [2.24, 2.45) is 0 Å². The van der Waals surface area contributed by atoms with Gasteiger partial charge < -0.3 is 19.7 Å². The number of nitro groups is 1. The molecule has 0 radical (unpaired) electrons. The van der Waals surface area contributed by atoms with Crippen LogP contribution in [0.4, 0.5) is 22.7 Å².